The Labute approximate surface area is 221 Å². The SMILES string of the molecule is CC(C)CC(NC(=O)C(CCCN=C(N)N)NC(=O)C(N)CO)C(=O)NC(Cc1ccc(O)cc1)C(=O)O. The van der Waals surface area contributed by atoms with Crippen LogP contribution in [0.1, 0.15) is 38.7 Å². The number of hydrogen-bond acceptors (Lipinski definition) is 8. The van der Waals surface area contributed by atoms with E-state index in [1.807, 2.05) is 13.8 Å². The van der Waals surface area contributed by atoms with Gasteiger partial charge in [-0.05, 0) is 42.9 Å². The second-order valence-electron chi connectivity index (χ2n) is 9.26. The van der Waals surface area contributed by atoms with Crippen molar-refractivity contribution in [3.8, 4) is 5.75 Å². The molecule has 0 fully saturated rings. The summed E-state index contributed by atoms with van der Waals surface area (Å²) in [6.45, 7) is 3.20. The van der Waals surface area contributed by atoms with Crippen LogP contribution in [0.15, 0.2) is 29.3 Å². The van der Waals surface area contributed by atoms with Crippen molar-refractivity contribution >= 4 is 29.7 Å². The largest absolute Gasteiger partial charge is 0.508 e. The van der Waals surface area contributed by atoms with E-state index in [9.17, 15) is 29.4 Å². The van der Waals surface area contributed by atoms with Crippen LogP contribution in [0.4, 0.5) is 0 Å². The fraction of sp³-hybridized carbons (Fsp3) is 0.542. The van der Waals surface area contributed by atoms with E-state index < -0.39 is 54.5 Å². The number of carboxylic acid groups (broad SMARTS) is 1. The number of nitrogens with zero attached hydrogens (tertiary/aromatic N) is 1. The number of nitrogens with two attached hydrogens (primary N) is 3. The maximum absolute atomic E-state index is 13.1. The zero-order valence-corrected chi connectivity index (χ0v) is 21.6. The first kappa shape index (κ1) is 32.1. The average molecular weight is 538 g/mol. The Bertz CT molecular complexity index is 965. The van der Waals surface area contributed by atoms with Crippen LogP contribution in [0.3, 0.4) is 0 Å². The first-order valence-corrected chi connectivity index (χ1v) is 12.2. The molecule has 4 unspecified atom stereocenters. The number of aliphatic hydroxyl groups is 1. The van der Waals surface area contributed by atoms with Crippen LogP contribution in [-0.4, -0.2) is 82.3 Å². The number of carboxylic acids is 1. The Balaban J connectivity index is 3.03. The van der Waals surface area contributed by atoms with E-state index in [1.54, 1.807) is 0 Å². The molecule has 1 rings (SSSR count). The van der Waals surface area contributed by atoms with Crippen molar-refractivity contribution in [1.82, 2.24) is 16.0 Å². The van der Waals surface area contributed by atoms with E-state index in [-0.39, 0.29) is 43.4 Å². The minimum atomic E-state index is -1.30. The number of phenolic OH excluding ortho intramolecular Hbond substituents is 1. The number of guanidine groups is 1. The van der Waals surface area contributed by atoms with Gasteiger partial charge in [-0.25, -0.2) is 4.79 Å². The van der Waals surface area contributed by atoms with Gasteiger partial charge < -0.3 is 48.5 Å². The van der Waals surface area contributed by atoms with Crippen molar-refractivity contribution in [3.63, 3.8) is 0 Å². The number of nitrogens with one attached hydrogen (secondary N) is 3. The zero-order valence-electron chi connectivity index (χ0n) is 21.6. The molecule has 0 aliphatic heterocycles. The maximum Gasteiger partial charge on any atom is 0.326 e. The number of aliphatic hydroxyl groups excluding tert-OH is 1. The summed E-state index contributed by atoms with van der Waals surface area (Å²) < 4.78 is 0. The lowest BCUT2D eigenvalue weighted by atomic mass is 10.0. The molecule has 0 saturated carbocycles. The molecule has 0 spiro atoms. The number of hydrogen-bond donors (Lipinski definition) is 9. The van der Waals surface area contributed by atoms with Crippen LogP contribution in [-0.2, 0) is 25.6 Å². The minimum Gasteiger partial charge on any atom is -0.508 e. The van der Waals surface area contributed by atoms with Crippen molar-refractivity contribution in [2.45, 2.75) is 63.7 Å². The molecule has 0 aliphatic rings. The molecule has 4 atom stereocenters. The number of phenols is 1. The number of aliphatic imine (C=N–C) groups is 1. The second-order valence-corrected chi connectivity index (χ2v) is 9.26. The summed E-state index contributed by atoms with van der Waals surface area (Å²) in [5.74, 6) is -3.61. The highest BCUT2D eigenvalue weighted by atomic mass is 16.4. The summed E-state index contributed by atoms with van der Waals surface area (Å²) in [5.41, 5.74) is 16.7. The number of carbonyl (C=O) groups is 4. The Kier molecular flexibility index (Phi) is 13.6. The lowest BCUT2D eigenvalue weighted by molar-refractivity contribution is -0.142. The first-order valence-electron chi connectivity index (χ1n) is 12.2. The van der Waals surface area contributed by atoms with Gasteiger partial charge in [0.25, 0.3) is 0 Å². The summed E-state index contributed by atoms with van der Waals surface area (Å²) in [7, 11) is 0. The molecule has 14 nitrogen and oxygen atoms in total. The molecule has 0 aliphatic carbocycles. The summed E-state index contributed by atoms with van der Waals surface area (Å²) in [6.07, 6.45) is 0.542. The Morgan fingerprint density at radius 2 is 1.47 bits per heavy atom. The summed E-state index contributed by atoms with van der Waals surface area (Å²) >= 11 is 0. The lowest BCUT2D eigenvalue weighted by Gasteiger charge is -2.26. The summed E-state index contributed by atoms with van der Waals surface area (Å²) in [6, 6.07) is 1.11. The standard InChI is InChI=1S/C24H39N7O7/c1-13(2)10-18(22(36)31-19(23(37)38)11-14-5-7-15(33)8-6-14)30-21(35)17(4-3-9-28-24(26)27)29-20(34)16(25)12-32/h5-8,13,16-19,32-33H,3-4,9-12,25H2,1-2H3,(H,29,34)(H,30,35)(H,31,36)(H,37,38)(H4,26,27,28). The van der Waals surface area contributed by atoms with Crippen LogP contribution in [0, 0.1) is 5.92 Å². The number of aromatic hydroxyl groups is 1. The molecule has 1 aromatic carbocycles. The zero-order chi connectivity index (χ0) is 28.8. The fourth-order valence-corrected chi connectivity index (χ4v) is 3.45. The van der Waals surface area contributed by atoms with Crippen molar-refractivity contribution in [2.75, 3.05) is 13.2 Å². The van der Waals surface area contributed by atoms with Crippen LogP contribution < -0.4 is 33.2 Å². The van der Waals surface area contributed by atoms with E-state index in [1.165, 1.54) is 24.3 Å². The van der Waals surface area contributed by atoms with E-state index in [4.69, 9.17) is 22.3 Å². The smallest absolute Gasteiger partial charge is 0.326 e. The molecule has 1 aromatic rings. The third-order valence-electron chi connectivity index (χ3n) is 5.44. The van der Waals surface area contributed by atoms with Gasteiger partial charge in [-0.15, -0.1) is 0 Å². The van der Waals surface area contributed by atoms with Gasteiger partial charge in [0.1, 0.15) is 29.9 Å². The highest BCUT2D eigenvalue weighted by molar-refractivity contribution is 5.94. The number of benzene rings is 1. The Morgan fingerprint density at radius 3 is 2.00 bits per heavy atom. The number of aliphatic carboxylic acids is 1. The van der Waals surface area contributed by atoms with Gasteiger partial charge in [-0.3, -0.25) is 19.4 Å². The van der Waals surface area contributed by atoms with Crippen molar-refractivity contribution in [1.29, 1.82) is 0 Å². The van der Waals surface area contributed by atoms with Crippen molar-refractivity contribution < 1.29 is 34.5 Å². The molecule has 38 heavy (non-hydrogen) atoms. The monoisotopic (exact) mass is 537 g/mol. The quantitative estimate of drug-likeness (QED) is 0.0630. The first-order chi connectivity index (χ1) is 17.8. The van der Waals surface area contributed by atoms with Crippen molar-refractivity contribution in [2.24, 2.45) is 28.1 Å². The molecule has 212 valence electrons. The van der Waals surface area contributed by atoms with E-state index in [0.29, 0.717) is 12.0 Å². The van der Waals surface area contributed by atoms with Gasteiger partial charge in [0.15, 0.2) is 5.96 Å². The summed E-state index contributed by atoms with van der Waals surface area (Å²) in [5, 5.41) is 35.7. The van der Waals surface area contributed by atoms with Crippen LogP contribution in [0.5, 0.6) is 5.75 Å². The molecular weight excluding hydrogens is 498 g/mol. The number of carbonyl (C=O) groups excluding carboxylic acids is 3. The molecule has 12 N–H and O–H groups in total. The van der Waals surface area contributed by atoms with Gasteiger partial charge in [-0.1, -0.05) is 26.0 Å². The summed E-state index contributed by atoms with van der Waals surface area (Å²) in [4.78, 5) is 54.1. The molecule has 0 radical (unpaired) electrons. The van der Waals surface area contributed by atoms with Gasteiger partial charge in [-0.2, -0.15) is 0 Å². The predicted molar refractivity (Wildman–Crippen MR) is 140 cm³/mol. The van der Waals surface area contributed by atoms with Gasteiger partial charge in [0.05, 0.1) is 6.61 Å². The van der Waals surface area contributed by atoms with E-state index in [0.717, 1.165) is 0 Å². The third-order valence-corrected chi connectivity index (χ3v) is 5.44. The molecule has 0 heterocycles. The van der Waals surface area contributed by atoms with Crippen LogP contribution >= 0.6 is 0 Å². The minimum absolute atomic E-state index is 0.0178. The van der Waals surface area contributed by atoms with Gasteiger partial charge in [0, 0.05) is 13.0 Å². The van der Waals surface area contributed by atoms with Gasteiger partial charge >= 0.3 is 5.97 Å². The van der Waals surface area contributed by atoms with E-state index >= 15 is 0 Å². The third kappa shape index (κ3) is 11.9. The number of amides is 3. The second kappa shape index (κ2) is 16.0. The number of rotatable bonds is 16. The Morgan fingerprint density at radius 1 is 0.921 bits per heavy atom. The molecule has 0 aromatic heterocycles. The normalized spacial score (nSPS) is 14.0. The highest BCUT2D eigenvalue weighted by Gasteiger charge is 2.30. The molecule has 0 bridgehead atoms. The fourth-order valence-electron chi connectivity index (χ4n) is 3.45. The molecule has 14 heteroatoms. The van der Waals surface area contributed by atoms with Crippen LogP contribution in [0.2, 0.25) is 0 Å². The molecular formula is C24H39N7O7. The Hall–Kier alpha value is -3.91. The molecule has 3 amide bonds. The van der Waals surface area contributed by atoms with Gasteiger partial charge in [0.2, 0.25) is 17.7 Å². The van der Waals surface area contributed by atoms with Crippen LogP contribution in [0.25, 0.3) is 0 Å². The van der Waals surface area contributed by atoms with E-state index in [2.05, 4.69) is 20.9 Å². The lowest BCUT2D eigenvalue weighted by Crippen LogP contribution is -2.57. The topological polar surface area (TPSA) is 255 Å². The predicted octanol–water partition coefficient (Wildman–Crippen LogP) is -2.11. The maximum atomic E-state index is 13.1. The molecule has 0 saturated heterocycles. The average Bonchev–Trinajstić information content (AvgIpc) is 2.84. The highest BCUT2D eigenvalue weighted by Crippen LogP contribution is 2.12. The van der Waals surface area contributed by atoms with Crippen molar-refractivity contribution in [3.05, 3.63) is 29.8 Å².